The average molecular weight is 188 g/mol. The van der Waals surface area contributed by atoms with E-state index in [0.29, 0.717) is 12.6 Å². The molecule has 0 fully saturated rings. The van der Waals surface area contributed by atoms with Crippen molar-refractivity contribution in [2.24, 2.45) is 0 Å². The van der Waals surface area contributed by atoms with Crippen molar-refractivity contribution in [3.63, 3.8) is 0 Å². The van der Waals surface area contributed by atoms with Crippen LogP contribution in [0, 0.1) is 0 Å². The SMILES string of the molecule is O=CCC(=O)OCOC(=O)CC=O. The first kappa shape index (κ1) is 11.3. The Bertz CT molecular complexity index is 187. The molecule has 0 N–H and O–H groups in total. The van der Waals surface area contributed by atoms with Crippen LogP contribution in [-0.2, 0) is 28.7 Å². The summed E-state index contributed by atoms with van der Waals surface area (Å²) in [5, 5.41) is 0. The number of hydrogen-bond donors (Lipinski definition) is 0. The van der Waals surface area contributed by atoms with E-state index in [1.807, 2.05) is 0 Å². The van der Waals surface area contributed by atoms with Crippen molar-refractivity contribution < 1.29 is 28.7 Å². The van der Waals surface area contributed by atoms with E-state index in [0.717, 1.165) is 0 Å². The summed E-state index contributed by atoms with van der Waals surface area (Å²) in [6, 6.07) is 0. The third kappa shape index (κ3) is 6.67. The van der Waals surface area contributed by atoms with Crippen LogP contribution in [0.4, 0.5) is 0 Å². The molecule has 72 valence electrons. The van der Waals surface area contributed by atoms with Crippen molar-refractivity contribution in [2.75, 3.05) is 6.79 Å². The molecule has 6 nitrogen and oxygen atoms in total. The molecule has 0 bridgehead atoms. The van der Waals surface area contributed by atoms with Crippen molar-refractivity contribution in [3.05, 3.63) is 0 Å². The zero-order valence-electron chi connectivity index (χ0n) is 6.73. The van der Waals surface area contributed by atoms with Crippen LogP contribution in [0.15, 0.2) is 0 Å². The molecule has 13 heavy (non-hydrogen) atoms. The molecule has 0 atom stereocenters. The van der Waals surface area contributed by atoms with Crippen LogP contribution < -0.4 is 0 Å². The lowest BCUT2D eigenvalue weighted by Crippen LogP contribution is -2.12. The minimum Gasteiger partial charge on any atom is -0.428 e. The quantitative estimate of drug-likeness (QED) is 0.235. The molecule has 0 amide bonds. The second kappa shape index (κ2) is 6.96. The van der Waals surface area contributed by atoms with Crippen molar-refractivity contribution in [1.82, 2.24) is 0 Å². The summed E-state index contributed by atoms with van der Waals surface area (Å²) < 4.78 is 8.54. The first-order valence-electron chi connectivity index (χ1n) is 3.39. The van der Waals surface area contributed by atoms with Gasteiger partial charge in [0.1, 0.15) is 25.4 Å². The van der Waals surface area contributed by atoms with E-state index >= 15 is 0 Å². The van der Waals surface area contributed by atoms with Gasteiger partial charge in [0, 0.05) is 0 Å². The Balaban J connectivity index is 3.43. The van der Waals surface area contributed by atoms with E-state index < -0.39 is 18.7 Å². The topological polar surface area (TPSA) is 86.7 Å². The number of esters is 2. The first-order valence-corrected chi connectivity index (χ1v) is 3.39. The van der Waals surface area contributed by atoms with Gasteiger partial charge in [-0.3, -0.25) is 9.59 Å². The molecule has 0 saturated carbocycles. The lowest BCUT2D eigenvalue weighted by Gasteiger charge is -2.02. The Morgan fingerprint density at radius 3 is 1.62 bits per heavy atom. The second-order valence-corrected chi connectivity index (χ2v) is 1.89. The van der Waals surface area contributed by atoms with E-state index in [1.54, 1.807) is 0 Å². The molecular weight excluding hydrogens is 180 g/mol. The Labute approximate surface area is 73.8 Å². The third-order valence-corrected chi connectivity index (χ3v) is 0.940. The zero-order chi connectivity index (χ0) is 10.1. The summed E-state index contributed by atoms with van der Waals surface area (Å²) in [7, 11) is 0. The van der Waals surface area contributed by atoms with E-state index in [-0.39, 0.29) is 12.8 Å². The van der Waals surface area contributed by atoms with Crippen LogP contribution in [-0.4, -0.2) is 31.3 Å². The molecule has 0 spiro atoms. The van der Waals surface area contributed by atoms with Gasteiger partial charge in [-0.25, -0.2) is 0 Å². The maximum absolute atomic E-state index is 10.5. The molecule has 6 heteroatoms. The van der Waals surface area contributed by atoms with E-state index in [1.165, 1.54) is 0 Å². The van der Waals surface area contributed by atoms with Crippen molar-refractivity contribution in [3.8, 4) is 0 Å². The lowest BCUT2D eigenvalue weighted by molar-refractivity contribution is -0.166. The summed E-state index contributed by atoms with van der Waals surface area (Å²) in [4.78, 5) is 40.5. The zero-order valence-corrected chi connectivity index (χ0v) is 6.73. The Kier molecular flexibility index (Phi) is 6.04. The number of ether oxygens (including phenoxy) is 2. The molecule has 0 aromatic heterocycles. The van der Waals surface area contributed by atoms with E-state index in [4.69, 9.17) is 0 Å². The van der Waals surface area contributed by atoms with Crippen LogP contribution in [0.5, 0.6) is 0 Å². The van der Waals surface area contributed by atoms with Crippen LogP contribution in [0.1, 0.15) is 12.8 Å². The Morgan fingerprint density at radius 1 is 0.923 bits per heavy atom. The predicted octanol–water partition coefficient (Wildman–Crippen LogP) is -0.792. The van der Waals surface area contributed by atoms with Gasteiger partial charge in [0.15, 0.2) is 0 Å². The van der Waals surface area contributed by atoms with Gasteiger partial charge >= 0.3 is 11.9 Å². The highest BCUT2D eigenvalue weighted by molar-refractivity contribution is 5.84. The second-order valence-electron chi connectivity index (χ2n) is 1.89. The summed E-state index contributed by atoms with van der Waals surface area (Å²) in [6.45, 7) is -0.570. The number of aldehydes is 2. The molecule has 0 aliphatic rings. The van der Waals surface area contributed by atoms with Crippen molar-refractivity contribution >= 4 is 24.5 Å². The minimum atomic E-state index is -0.783. The van der Waals surface area contributed by atoms with Crippen LogP contribution in [0.3, 0.4) is 0 Å². The molecule has 0 aromatic carbocycles. The molecule has 0 rings (SSSR count). The maximum atomic E-state index is 10.5. The fourth-order valence-electron chi connectivity index (χ4n) is 0.415. The van der Waals surface area contributed by atoms with Gasteiger partial charge in [-0.05, 0) is 0 Å². The molecule has 0 saturated heterocycles. The van der Waals surface area contributed by atoms with Gasteiger partial charge in [-0.1, -0.05) is 0 Å². The number of carbonyl (C=O) groups is 4. The fourth-order valence-corrected chi connectivity index (χ4v) is 0.415. The normalized spacial score (nSPS) is 8.62. The fraction of sp³-hybridized carbons (Fsp3) is 0.429. The third-order valence-electron chi connectivity index (χ3n) is 0.940. The average Bonchev–Trinajstić information content (AvgIpc) is 2.05. The summed E-state index contributed by atoms with van der Waals surface area (Å²) in [5.74, 6) is -1.57. The van der Waals surface area contributed by atoms with Crippen LogP contribution in [0.25, 0.3) is 0 Å². The molecule has 0 aliphatic carbocycles. The van der Waals surface area contributed by atoms with E-state index in [9.17, 15) is 19.2 Å². The van der Waals surface area contributed by atoms with Gasteiger partial charge in [-0.2, -0.15) is 0 Å². The van der Waals surface area contributed by atoms with Crippen LogP contribution in [0.2, 0.25) is 0 Å². The van der Waals surface area contributed by atoms with Gasteiger partial charge in [0.2, 0.25) is 6.79 Å². The predicted molar refractivity (Wildman–Crippen MR) is 38.4 cm³/mol. The number of hydrogen-bond acceptors (Lipinski definition) is 6. The minimum absolute atomic E-state index is 0.371. The van der Waals surface area contributed by atoms with Crippen molar-refractivity contribution in [1.29, 1.82) is 0 Å². The van der Waals surface area contributed by atoms with Gasteiger partial charge in [0.25, 0.3) is 0 Å². The molecule has 0 radical (unpaired) electrons. The molecule has 0 heterocycles. The summed E-state index contributed by atoms with van der Waals surface area (Å²) >= 11 is 0. The van der Waals surface area contributed by atoms with Gasteiger partial charge in [-0.15, -0.1) is 0 Å². The number of rotatable bonds is 6. The molecule has 0 aliphatic heterocycles. The lowest BCUT2D eigenvalue weighted by atomic mass is 10.5. The first-order chi connectivity index (χ1) is 6.20. The number of carbonyl (C=O) groups excluding carboxylic acids is 4. The van der Waals surface area contributed by atoms with E-state index in [2.05, 4.69) is 9.47 Å². The summed E-state index contributed by atoms with van der Waals surface area (Å²) in [6.07, 6.45) is -0.0262. The Hall–Kier alpha value is -1.72. The Morgan fingerprint density at radius 2 is 1.31 bits per heavy atom. The molecule has 0 unspecified atom stereocenters. The van der Waals surface area contributed by atoms with Crippen molar-refractivity contribution in [2.45, 2.75) is 12.8 Å². The highest BCUT2D eigenvalue weighted by atomic mass is 16.7. The van der Waals surface area contributed by atoms with Gasteiger partial charge < -0.3 is 19.1 Å². The monoisotopic (exact) mass is 188 g/mol. The standard InChI is InChI=1S/C7H8O6/c8-3-1-6(10)12-5-13-7(11)2-4-9/h3-4H,1-2,5H2. The largest absolute Gasteiger partial charge is 0.428 e. The highest BCUT2D eigenvalue weighted by Gasteiger charge is 2.04. The smallest absolute Gasteiger partial charge is 0.315 e. The molecular formula is C7H8O6. The summed E-state index contributed by atoms with van der Waals surface area (Å²) in [5.41, 5.74) is 0. The van der Waals surface area contributed by atoms with Crippen LogP contribution >= 0.6 is 0 Å². The maximum Gasteiger partial charge on any atom is 0.315 e. The molecule has 0 aromatic rings. The van der Waals surface area contributed by atoms with Gasteiger partial charge in [0.05, 0.1) is 0 Å². The highest BCUT2D eigenvalue weighted by Crippen LogP contribution is 1.87.